The predicted octanol–water partition coefficient (Wildman–Crippen LogP) is 1.70. The zero-order valence-corrected chi connectivity index (χ0v) is 11.0. The number of ether oxygens (including phenoxy) is 1. The van der Waals surface area contributed by atoms with Crippen LogP contribution in [0.25, 0.3) is 5.57 Å². The van der Waals surface area contributed by atoms with E-state index in [1.807, 2.05) is 0 Å². The first-order valence-corrected chi connectivity index (χ1v) is 6.19. The number of benzene rings is 1. The number of carbonyl (C=O) groups excluding carboxylic acids is 1. The highest BCUT2D eigenvalue weighted by Crippen LogP contribution is 2.28. The minimum absolute atomic E-state index is 0.0182. The fraction of sp³-hybridized carbons (Fsp3) is 0.286. The van der Waals surface area contributed by atoms with Gasteiger partial charge in [-0.25, -0.2) is 9.59 Å². The molecule has 0 bridgehead atoms. The molecule has 0 radical (unpaired) electrons. The molecule has 0 saturated carbocycles. The van der Waals surface area contributed by atoms with E-state index in [4.69, 9.17) is 9.84 Å². The molecule has 0 unspecified atom stereocenters. The standard InChI is InChI=1S/C14H15NO5/c1-2-20-13(17)12-8-15(14(18)19)7-11(12)9-3-5-10(16)6-4-9/h3-6,16H,2,7-8H2,1H3,(H,18,19). The summed E-state index contributed by atoms with van der Waals surface area (Å²) in [6, 6.07) is 6.29. The lowest BCUT2D eigenvalue weighted by atomic mass is 10.0. The molecule has 0 aliphatic carbocycles. The molecule has 6 nitrogen and oxygen atoms in total. The summed E-state index contributed by atoms with van der Waals surface area (Å²) in [5.74, 6) is -0.389. The van der Waals surface area contributed by atoms with E-state index in [1.165, 1.54) is 12.1 Å². The summed E-state index contributed by atoms with van der Waals surface area (Å²) in [6.07, 6.45) is -1.08. The van der Waals surface area contributed by atoms with Crippen molar-refractivity contribution in [3.8, 4) is 5.75 Å². The van der Waals surface area contributed by atoms with Crippen molar-refractivity contribution in [2.45, 2.75) is 6.92 Å². The molecule has 106 valence electrons. The van der Waals surface area contributed by atoms with Crippen molar-refractivity contribution in [2.24, 2.45) is 0 Å². The Hall–Kier alpha value is -2.50. The molecule has 0 aromatic heterocycles. The molecular weight excluding hydrogens is 262 g/mol. The molecule has 2 rings (SSSR count). The van der Waals surface area contributed by atoms with E-state index < -0.39 is 12.1 Å². The van der Waals surface area contributed by atoms with Crippen molar-refractivity contribution in [3.63, 3.8) is 0 Å². The van der Waals surface area contributed by atoms with E-state index in [2.05, 4.69) is 0 Å². The Morgan fingerprint density at radius 1 is 1.25 bits per heavy atom. The lowest BCUT2D eigenvalue weighted by Crippen LogP contribution is -2.28. The third-order valence-electron chi connectivity index (χ3n) is 3.07. The number of amides is 1. The van der Waals surface area contributed by atoms with Crippen LogP contribution in [-0.4, -0.2) is 46.9 Å². The molecule has 1 aliphatic heterocycles. The number of hydrogen-bond donors (Lipinski definition) is 2. The maximum atomic E-state index is 11.9. The van der Waals surface area contributed by atoms with Gasteiger partial charge in [0.15, 0.2) is 0 Å². The summed E-state index contributed by atoms with van der Waals surface area (Å²) in [4.78, 5) is 24.1. The summed E-state index contributed by atoms with van der Waals surface area (Å²) >= 11 is 0. The van der Waals surface area contributed by atoms with Gasteiger partial charge in [0.1, 0.15) is 5.75 Å². The minimum Gasteiger partial charge on any atom is -0.508 e. The van der Waals surface area contributed by atoms with Gasteiger partial charge in [-0.15, -0.1) is 0 Å². The topological polar surface area (TPSA) is 87.1 Å². The van der Waals surface area contributed by atoms with Crippen molar-refractivity contribution in [1.82, 2.24) is 4.90 Å². The van der Waals surface area contributed by atoms with Gasteiger partial charge in [-0.2, -0.15) is 0 Å². The van der Waals surface area contributed by atoms with Crippen LogP contribution in [-0.2, 0) is 9.53 Å². The molecule has 0 spiro atoms. The number of esters is 1. The molecule has 1 aromatic rings. The van der Waals surface area contributed by atoms with Crippen molar-refractivity contribution >= 4 is 17.6 Å². The minimum atomic E-state index is -1.08. The maximum absolute atomic E-state index is 11.9. The number of rotatable bonds is 3. The Balaban J connectivity index is 2.36. The average Bonchev–Trinajstić information content (AvgIpc) is 2.85. The third-order valence-corrected chi connectivity index (χ3v) is 3.07. The fourth-order valence-electron chi connectivity index (χ4n) is 2.10. The summed E-state index contributed by atoms with van der Waals surface area (Å²) in [7, 11) is 0. The molecule has 0 fully saturated rings. The molecule has 1 amide bonds. The SMILES string of the molecule is CCOC(=O)C1=C(c2ccc(O)cc2)CN(C(=O)O)C1. The first-order valence-electron chi connectivity index (χ1n) is 6.19. The lowest BCUT2D eigenvalue weighted by Gasteiger charge is -2.11. The van der Waals surface area contributed by atoms with Crippen molar-refractivity contribution in [2.75, 3.05) is 19.7 Å². The van der Waals surface area contributed by atoms with Crippen LogP contribution in [0.2, 0.25) is 0 Å². The number of phenolic OH excluding ortho intramolecular Hbond substituents is 1. The van der Waals surface area contributed by atoms with Crippen LogP contribution in [0.4, 0.5) is 4.79 Å². The molecule has 1 aromatic carbocycles. The van der Waals surface area contributed by atoms with Crippen molar-refractivity contribution in [3.05, 3.63) is 35.4 Å². The molecule has 6 heteroatoms. The van der Waals surface area contributed by atoms with Gasteiger partial charge in [0, 0.05) is 0 Å². The van der Waals surface area contributed by atoms with Crippen molar-refractivity contribution < 1.29 is 24.5 Å². The van der Waals surface area contributed by atoms with E-state index in [9.17, 15) is 14.7 Å². The van der Waals surface area contributed by atoms with E-state index in [1.54, 1.807) is 19.1 Å². The number of carboxylic acid groups (broad SMARTS) is 1. The van der Waals surface area contributed by atoms with Gasteiger partial charge in [0.2, 0.25) is 0 Å². The quantitative estimate of drug-likeness (QED) is 0.821. The molecule has 1 heterocycles. The van der Waals surface area contributed by atoms with E-state index >= 15 is 0 Å². The second kappa shape index (κ2) is 5.64. The smallest absolute Gasteiger partial charge is 0.407 e. The van der Waals surface area contributed by atoms with Crippen LogP contribution >= 0.6 is 0 Å². The molecule has 20 heavy (non-hydrogen) atoms. The number of nitrogens with zero attached hydrogens (tertiary/aromatic N) is 1. The maximum Gasteiger partial charge on any atom is 0.407 e. The Morgan fingerprint density at radius 2 is 1.90 bits per heavy atom. The second-order valence-electron chi connectivity index (χ2n) is 4.36. The first kappa shape index (κ1) is 13.9. The Bertz CT molecular complexity index is 561. The van der Waals surface area contributed by atoms with Gasteiger partial charge >= 0.3 is 12.1 Å². The fourth-order valence-corrected chi connectivity index (χ4v) is 2.10. The van der Waals surface area contributed by atoms with Gasteiger partial charge in [-0.05, 0) is 30.2 Å². The largest absolute Gasteiger partial charge is 0.508 e. The summed E-state index contributed by atoms with van der Waals surface area (Å²) < 4.78 is 4.96. The lowest BCUT2D eigenvalue weighted by molar-refractivity contribution is -0.138. The predicted molar refractivity (Wildman–Crippen MR) is 71.3 cm³/mol. The van der Waals surface area contributed by atoms with Crippen LogP contribution in [0.5, 0.6) is 5.75 Å². The highest BCUT2D eigenvalue weighted by molar-refractivity contribution is 6.01. The normalized spacial score (nSPS) is 14.6. The van der Waals surface area contributed by atoms with Gasteiger partial charge in [0.05, 0.1) is 25.3 Å². The molecule has 0 saturated heterocycles. The number of carbonyl (C=O) groups is 2. The van der Waals surface area contributed by atoms with Crippen LogP contribution in [0.15, 0.2) is 29.8 Å². The van der Waals surface area contributed by atoms with Crippen LogP contribution in [0.1, 0.15) is 12.5 Å². The van der Waals surface area contributed by atoms with Crippen LogP contribution in [0, 0.1) is 0 Å². The highest BCUT2D eigenvalue weighted by Gasteiger charge is 2.31. The summed E-state index contributed by atoms with van der Waals surface area (Å²) in [5.41, 5.74) is 1.67. The first-order chi connectivity index (χ1) is 9.52. The van der Waals surface area contributed by atoms with Crippen molar-refractivity contribution in [1.29, 1.82) is 0 Å². The Morgan fingerprint density at radius 3 is 2.45 bits per heavy atom. The van der Waals surface area contributed by atoms with E-state index in [-0.39, 0.29) is 25.4 Å². The number of phenols is 1. The van der Waals surface area contributed by atoms with E-state index in [0.29, 0.717) is 16.7 Å². The molecule has 1 aliphatic rings. The zero-order valence-electron chi connectivity index (χ0n) is 11.0. The monoisotopic (exact) mass is 277 g/mol. The van der Waals surface area contributed by atoms with Gasteiger partial charge in [0.25, 0.3) is 0 Å². The Labute approximate surface area is 115 Å². The average molecular weight is 277 g/mol. The number of aromatic hydroxyl groups is 1. The zero-order chi connectivity index (χ0) is 14.7. The van der Waals surface area contributed by atoms with Gasteiger partial charge in [-0.3, -0.25) is 4.90 Å². The summed E-state index contributed by atoms with van der Waals surface area (Å²) in [6.45, 7) is 2.08. The summed E-state index contributed by atoms with van der Waals surface area (Å²) in [5, 5.41) is 18.3. The molecular formula is C14H15NO5. The molecule has 0 atom stereocenters. The van der Waals surface area contributed by atoms with Gasteiger partial charge in [-0.1, -0.05) is 12.1 Å². The van der Waals surface area contributed by atoms with E-state index in [0.717, 1.165) is 4.90 Å². The van der Waals surface area contributed by atoms with Crippen LogP contribution < -0.4 is 0 Å². The molecule has 2 N–H and O–H groups in total. The van der Waals surface area contributed by atoms with Gasteiger partial charge < -0.3 is 14.9 Å². The number of hydrogen-bond acceptors (Lipinski definition) is 4. The Kier molecular flexibility index (Phi) is 3.93. The highest BCUT2D eigenvalue weighted by atomic mass is 16.5. The second-order valence-corrected chi connectivity index (χ2v) is 4.36. The van der Waals surface area contributed by atoms with Crippen LogP contribution in [0.3, 0.4) is 0 Å². The third kappa shape index (κ3) is 2.74.